The first-order valence-electron chi connectivity index (χ1n) is 5.65. The van der Waals surface area contributed by atoms with Crippen LogP contribution in [0, 0.1) is 0 Å². The minimum atomic E-state index is 0.301. The number of hydrogen-bond donors (Lipinski definition) is 2. The lowest BCUT2D eigenvalue weighted by atomic mass is 9.95. The second kappa shape index (κ2) is 3.85. The van der Waals surface area contributed by atoms with E-state index in [0.717, 1.165) is 29.5 Å². The number of fused-ring (bicyclic) bond motifs is 1. The molecule has 1 unspecified atom stereocenters. The summed E-state index contributed by atoms with van der Waals surface area (Å²) in [6, 6.07) is 5.73. The van der Waals surface area contributed by atoms with Crippen LogP contribution >= 0.6 is 0 Å². The van der Waals surface area contributed by atoms with E-state index in [1.807, 2.05) is 18.2 Å². The summed E-state index contributed by atoms with van der Waals surface area (Å²) in [7, 11) is 0. The van der Waals surface area contributed by atoms with Crippen molar-refractivity contribution in [3.63, 3.8) is 0 Å². The molecule has 2 heterocycles. The zero-order chi connectivity index (χ0) is 11.8. The lowest BCUT2D eigenvalue weighted by Gasteiger charge is -2.13. The average Bonchev–Trinajstić information content (AvgIpc) is 2.82. The summed E-state index contributed by atoms with van der Waals surface area (Å²) in [6.45, 7) is 1.47. The van der Waals surface area contributed by atoms with Gasteiger partial charge in [-0.2, -0.15) is 0 Å². The number of benzene rings is 1. The minimum Gasteiger partial charge on any atom is -0.397 e. The Balaban J connectivity index is 2.27. The van der Waals surface area contributed by atoms with Crippen LogP contribution in [0.15, 0.2) is 18.2 Å². The van der Waals surface area contributed by atoms with Crippen molar-refractivity contribution in [2.45, 2.75) is 12.3 Å². The van der Waals surface area contributed by atoms with Gasteiger partial charge in [-0.1, -0.05) is 12.1 Å². The zero-order valence-electron chi connectivity index (χ0n) is 9.39. The Labute approximate surface area is 98.8 Å². The highest BCUT2D eigenvalue weighted by atomic mass is 16.5. The van der Waals surface area contributed by atoms with Crippen molar-refractivity contribution >= 4 is 22.4 Å². The first-order chi connectivity index (χ1) is 8.27. The summed E-state index contributed by atoms with van der Waals surface area (Å²) >= 11 is 0. The normalized spacial score (nSPS) is 19.9. The number of rotatable bonds is 1. The summed E-state index contributed by atoms with van der Waals surface area (Å²) in [5.41, 5.74) is 14.2. The summed E-state index contributed by atoms with van der Waals surface area (Å²) < 4.78 is 5.41. The van der Waals surface area contributed by atoms with Crippen molar-refractivity contribution in [3.8, 4) is 0 Å². The quantitative estimate of drug-likeness (QED) is 0.721. The summed E-state index contributed by atoms with van der Waals surface area (Å²) in [5.74, 6) is 0.786. The predicted molar refractivity (Wildman–Crippen MR) is 66.5 cm³/mol. The van der Waals surface area contributed by atoms with E-state index in [9.17, 15) is 0 Å². The second-order valence-corrected chi connectivity index (χ2v) is 4.30. The highest BCUT2D eigenvalue weighted by Gasteiger charge is 2.23. The van der Waals surface area contributed by atoms with Gasteiger partial charge < -0.3 is 16.2 Å². The number of hydrogen-bond acceptors (Lipinski definition) is 5. The van der Waals surface area contributed by atoms with Gasteiger partial charge in [0, 0.05) is 23.5 Å². The van der Waals surface area contributed by atoms with Crippen molar-refractivity contribution in [2.24, 2.45) is 0 Å². The van der Waals surface area contributed by atoms with E-state index in [4.69, 9.17) is 16.2 Å². The third-order valence-corrected chi connectivity index (χ3v) is 3.23. The van der Waals surface area contributed by atoms with Crippen LogP contribution < -0.4 is 11.5 Å². The van der Waals surface area contributed by atoms with Crippen LogP contribution in [0.25, 0.3) is 10.9 Å². The number of ether oxygens (including phenoxy) is 1. The highest BCUT2D eigenvalue weighted by molar-refractivity contribution is 5.93. The molecule has 1 saturated heterocycles. The Morgan fingerprint density at radius 1 is 1.24 bits per heavy atom. The van der Waals surface area contributed by atoms with Crippen LogP contribution in [0.1, 0.15) is 17.9 Å². The molecule has 5 heteroatoms. The fraction of sp³-hybridized carbons (Fsp3) is 0.333. The summed E-state index contributed by atoms with van der Waals surface area (Å²) in [4.78, 5) is 0. The lowest BCUT2D eigenvalue weighted by molar-refractivity contribution is 0.194. The number of aromatic nitrogens is 2. The molecule has 0 saturated carbocycles. The topological polar surface area (TPSA) is 87.0 Å². The molecule has 1 aliphatic heterocycles. The fourth-order valence-corrected chi connectivity index (χ4v) is 2.38. The van der Waals surface area contributed by atoms with Crippen LogP contribution in [-0.4, -0.2) is 23.4 Å². The van der Waals surface area contributed by atoms with Crippen molar-refractivity contribution in [1.82, 2.24) is 10.2 Å². The van der Waals surface area contributed by atoms with E-state index in [2.05, 4.69) is 10.2 Å². The maximum Gasteiger partial charge on any atom is 0.150 e. The third kappa shape index (κ3) is 1.59. The summed E-state index contributed by atoms with van der Waals surface area (Å²) in [5, 5.41) is 9.07. The largest absolute Gasteiger partial charge is 0.397 e. The fourth-order valence-electron chi connectivity index (χ4n) is 2.38. The Bertz CT molecular complexity index is 564. The van der Waals surface area contributed by atoms with Crippen molar-refractivity contribution < 1.29 is 4.74 Å². The molecule has 0 aliphatic carbocycles. The van der Waals surface area contributed by atoms with Crippen molar-refractivity contribution in [1.29, 1.82) is 0 Å². The molecule has 0 radical (unpaired) electrons. The summed E-state index contributed by atoms with van der Waals surface area (Å²) in [6.07, 6.45) is 0.972. The van der Waals surface area contributed by atoms with E-state index >= 15 is 0 Å². The Hall–Kier alpha value is -1.88. The SMILES string of the molecule is Nc1nnc2c(N)cccc2c1C1CCOC1. The second-order valence-electron chi connectivity index (χ2n) is 4.30. The maximum absolute atomic E-state index is 5.95. The van der Waals surface area contributed by atoms with Gasteiger partial charge in [0.15, 0.2) is 0 Å². The Morgan fingerprint density at radius 3 is 2.88 bits per heavy atom. The minimum absolute atomic E-state index is 0.301. The maximum atomic E-state index is 5.95. The van der Waals surface area contributed by atoms with Gasteiger partial charge >= 0.3 is 0 Å². The molecule has 88 valence electrons. The monoisotopic (exact) mass is 230 g/mol. The molecular formula is C12H14N4O. The highest BCUT2D eigenvalue weighted by Crippen LogP contribution is 2.34. The predicted octanol–water partition coefficient (Wildman–Crippen LogP) is 1.30. The van der Waals surface area contributed by atoms with E-state index in [1.54, 1.807) is 0 Å². The molecule has 5 nitrogen and oxygen atoms in total. The van der Waals surface area contributed by atoms with Gasteiger partial charge in [0.2, 0.25) is 0 Å². The number of nitrogens with two attached hydrogens (primary N) is 2. The lowest BCUT2D eigenvalue weighted by Crippen LogP contribution is -2.07. The van der Waals surface area contributed by atoms with Gasteiger partial charge in [-0.05, 0) is 12.5 Å². The van der Waals surface area contributed by atoms with Crippen LogP contribution in [0.2, 0.25) is 0 Å². The molecule has 1 aliphatic rings. The van der Waals surface area contributed by atoms with E-state index in [1.165, 1.54) is 0 Å². The van der Waals surface area contributed by atoms with Crippen LogP contribution in [0.4, 0.5) is 11.5 Å². The molecular weight excluding hydrogens is 216 g/mol. The molecule has 2 aromatic rings. The van der Waals surface area contributed by atoms with Gasteiger partial charge in [0.1, 0.15) is 11.3 Å². The van der Waals surface area contributed by atoms with Gasteiger partial charge in [-0.15, -0.1) is 10.2 Å². The molecule has 0 amide bonds. The molecule has 1 aromatic heterocycles. The van der Waals surface area contributed by atoms with E-state index < -0.39 is 0 Å². The Morgan fingerprint density at radius 2 is 2.12 bits per heavy atom. The Kier molecular flexibility index (Phi) is 2.33. The van der Waals surface area contributed by atoms with E-state index in [-0.39, 0.29) is 0 Å². The van der Waals surface area contributed by atoms with Crippen molar-refractivity contribution in [3.05, 3.63) is 23.8 Å². The molecule has 0 bridgehead atoms. The zero-order valence-corrected chi connectivity index (χ0v) is 9.39. The van der Waals surface area contributed by atoms with Gasteiger partial charge in [0.05, 0.1) is 12.3 Å². The third-order valence-electron chi connectivity index (χ3n) is 3.23. The van der Waals surface area contributed by atoms with Crippen LogP contribution in [0.5, 0.6) is 0 Å². The number of nitrogens with zero attached hydrogens (tertiary/aromatic N) is 2. The molecule has 0 spiro atoms. The first kappa shape index (κ1) is 10.3. The standard InChI is InChI=1S/C12H14N4O/c13-9-3-1-2-8-10(7-4-5-17-6-7)12(14)16-15-11(8)9/h1-3,7H,4-6,13H2,(H2,14,16). The molecule has 1 atom stereocenters. The molecule has 3 rings (SSSR count). The molecule has 17 heavy (non-hydrogen) atoms. The van der Waals surface area contributed by atoms with E-state index in [0.29, 0.717) is 24.0 Å². The smallest absolute Gasteiger partial charge is 0.150 e. The van der Waals surface area contributed by atoms with Crippen LogP contribution in [0.3, 0.4) is 0 Å². The van der Waals surface area contributed by atoms with Gasteiger partial charge in [0.25, 0.3) is 0 Å². The number of nitrogen functional groups attached to an aromatic ring is 2. The average molecular weight is 230 g/mol. The molecule has 1 aromatic carbocycles. The molecule has 4 N–H and O–H groups in total. The molecule has 1 fully saturated rings. The van der Waals surface area contributed by atoms with Gasteiger partial charge in [-0.25, -0.2) is 0 Å². The first-order valence-corrected chi connectivity index (χ1v) is 5.65. The van der Waals surface area contributed by atoms with Crippen molar-refractivity contribution in [2.75, 3.05) is 24.7 Å². The van der Waals surface area contributed by atoms with Crippen LogP contribution in [-0.2, 0) is 4.74 Å². The number of anilines is 2. The van der Waals surface area contributed by atoms with Gasteiger partial charge in [-0.3, -0.25) is 0 Å².